The van der Waals surface area contributed by atoms with E-state index in [9.17, 15) is 0 Å². The van der Waals surface area contributed by atoms with E-state index < -0.39 is 0 Å². The quantitative estimate of drug-likeness (QED) is 0.459. The molecular formula is C28H36N8. The number of pyridine rings is 1. The second-order valence-electron chi connectivity index (χ2n) is 11.0. The lowest BCUT2D eigenvalue weighted by Crippen LogP contribution is -2.52. The maximum atomic E-state index is 5.45. The van der Waals surface area contributed by atoms with E-state index in [0.717, 1.165) is 53.9 Å². The summed E-state index contributed by atoms with van der Waals surface area (Å²) in [5, 5.41) is 17.7. The van der Waals surface area contributed by atoms with Crippen LogP contribution in [-0.2, 0) is 12.8 Å². The Bertz CT molecular complexity index is 1400. The van der Waals surface area contributed by atoms with Crippen LogP contribution < -0.4 is 4.90 Å². The molecule has 188 valence electrons. The standard InChI is InChI=1S/C28H36N8/c1-18-22(16-29-32-18)27-21-6-4-3-5-20(21)26-23-17-30-33-24(23)15-25(28(26)31-27)36-9-7-19(8-10-36)35-13-11-34(2)12-14-35/h15-17,19H,3-14H2,1-2H3,(H,29,32)(H,30,33). The van der Waals surface area contributed by atoms with Crippen molar-refractivity contribution in [3.05, 3.63) is 35.3 Å². The summed E-state index contributed by atoms with van der Waals surface area (Å²) in [6, 6.07) is 3.00. The van der Waals surface area contributed by atoms with Crippen LogP contribution in [0.25, 0.3) is 33.1 Å². The summed E-state index contributed by atoms with van der Waals surface area (Å²) >= 11 is 0. The molecule has 7 rings (SSSR count). The lowest BCUT2D eigenvalue weighted by molar-refractivity contribution is 0.0982. The lowest BCUT2D eigenvalue weighted by Gasteiger charge is -2.42. The number of nitrogens with zero attached hydrogens (tertiary/aromatic N) is 6. The Kier molecular flexibility index (Phi) is 5.47. The van der Waals surface area contributed by atoms with Gasteiger partial charge in [-0.3, -0.25) is 15.1 Å². The molecule has 0 bridgehead atoms. The molecular weight excluding hydrogens is 448 g/mol. The van der Waals surface area contributed by atoms with Crippen molar-refractivity contribution in [2.45, 2.75) is 51.5 Å². The van der Waals surface area contributed by atoms with E-state index in [0.29, 0.717) is 6.04 Å². The molecule has 0 spiro atoms. The van der Waals surface area contributed by atoms with Crippen molar-refractivity contribution in [1.29, 1.82) is 0 Å². The smallest absolute Gasteiger partial charge is 0.0954 e. The molecule has 4 aromatic rings. The van der Waals surface area contributed by atoms with Gasteiger partial charge in [0.05, 0.1) is 34.8 Å². The lowest BCUT2D eigenvalue weighted by atomic mass is 9.85. The first kappa shape index (κ1) is 22.2. The molecule has 2 N–H and O–H groups in total. The number of rotatable bonds is 3. The maximum absolute atomic E-state index is 5.45. The highest BCUT2D eigenvalue weighted by molar-refractivity contribution is 6.13. The number of benzene rings is 1. The summed E-state index contributed by atoms with van der Waals surface area (Å²) in [4.78, 5) is 13.2. The minimum Gasteiger partial charge on any atom is -0.370 e. The molecule has 1 aromatic carbocycles. The van der Waals surface area contributed by atoms with Gasteiger partial charge in [0.25, 0.3) is 0 Å². The zero-order chi connectivity index (χ0) is 24.2. The van der Waals surface area contributed by atoms with Crippen molar-refractivity contribution in [2.75, 3.05) is 51.2 Å². The molecule has 0 unspecified atom stereocenters. The Morgan fingerprint density at radius 3 is 2.39 bits per heavy atom. The van der Waals surface area contributed by atoms with Crippen LogP contribution in [0.2, 0.25) is 0 Å². The van der Waals surface area contributed by atoms with E-state index in [1.54, 1.807) is 0 Å². The zero-order valence-corrected chi connectivity index (χ0v) is 21.5. The van der Waals surface area contributed by atoms with E-state index in [1.165, 1.54) is 79.4 Å². The van der Waals surface area contributed by atoms with Crippen molar-refractivity contribution in [2.24, 2.45) is 0 Å². The molecule has 8 nitrogen and oxygen atoms in total. The third kappa shape index (κ3) is 3.61. The fourth-order valence-corrected chi connectivity index (χ4v) is 6.82. The maximum Gasteiger partial charge on any atom is 0.0954 e. The van der Waals surface area contributed by atoms with Gasteiger partial charge in [0.15, 0.2) is 0 Å². The molecule has 0 saturated carbocycles. The molecule has 2 saturated heterocycles. The molecule has 2 aliphatic heterocycles. The number of hydrogen-bond acceptors (Lipinski definition) is 6. The van der Waals surface area contributed by atoms with E-state index >= 15 is 0 Å². The van der Waals surface area contributed by atoms with Crippen LogP contribution in [0.5, 0.6) is 0 Å². The number of piperazine rings is 1. The largest absolute Gasteiger partial charge is 0.370 e. The van der Waals surface area contributed by atoms with E-state index in [-0.39, 0.29) is 0 Å². The number of anilines is 1. The molecule has 1 aliphatic carbocycles. The summed E-state index contributed by atoms with van der Waals surface area (Å²) in [5.74, 6) is 0. The predicted molar refractivity (Wildman–Crippen MR) is 145 cm³/mol. The zero-order valence-electron chi connectivity index (χ0n) is 21.5. The molecule has 3 aromatic heterocycles. The number of piperidine rings is 1. The van der Waals surface area contributed by atoms with Crippen molar-refractivity contribution in [3.8, 4) is 11.3 Å². The van der Waals surface area contributed by atoms with Crippen LogP contribution in [0.15, 0.2) is 18.5 Å². The monoisotopic (exact) mass is 484 g/mol. The summed E-state index contributed by atoms with van der Waals surface area (Å²) in [7, 11) is 2.24. The first-order valence-electron chi connectivity index (χ1n) is 13.7. The highest BCUT2D eigenvalue weighted by Crippen LogP contribution is 2.42. The molecule has 0 radical (unpaired) electrons. The van der Waals surface area contributed by atoms with Gasteiger partial charge in [-0.15, -0.1) is 0 Å². The van der Waals surface area contributed by atoms with Crippen LogP contribution in [0.1, 0.15) is 42.5 Å². The Hall–Kier alpha value is -2.97. The SMILES string of the molecule is Cc1[nH]ncc1-c1nc2c(N3CCC(N4CCN(C)CC4)CC3)cc3[nH]ncc3c2c2c1CCCC2. The van der Waals surface area contributed by atoms with Gasteiger partial charge in [0.1, 0.15) is 0 Å². The normalized spacial score (nSPS) is 20.4. The molecule has 36 heavy (non-hydrogen) atoms. The van der Waals surface area contributed by atoms with Crippen molar-refractivity contribution < 1.29 is 0 Å². The van der Waals surface area contributed by atoms with Gasteiger partial charge in [-0.2, -0.15) is 10.2 Å². The van der Waals surface area contributed by atoms with Gasteiger partial charge in [-0.05, 0) is 69.7 Å². The van der Waals surface area contributed by atoms with E-state index in [2.05, 4.69) is 55.1 Å². The summed E-state index contributed by atoms with van der Waals surface area (Å²) in [5.41, 5.74) is 9.76. The highest BCUT2D eigenvalue weighted by Gasteiger charge is 2.30. The fourth-order valence-electron chi connectivity index (χ4n) is 6.82. The Morgan fingerprint density at radius 2 is 1.64 bits per heavy atom. The molecule has 8 heteroatoms. The minimum absolute atomic E-state index is 0.696. The topological polar surface area (TPSA) is 80.0 Å². The molecule has 0 atom stereocenters. The summed E-state index contributed by atoms with van der Waals surface area (Å²) in [6.45, 7) is 9.03. The number of aromatic nitrogens is 5. The highest BCUT2D eigenvalue weighted by atomic mass is 15.3. The van der Waals surface area contributed by atoms with E-state index in [1.807, 2.05) is 12.4 Å². The molecule has 2 fully saturated rings. The number of H-pyrrole nitrogens is 2. The van der Waals surface area contributed by atoms with Crippen LogP contribution in [0.3, 0.4) is 0 Å². The number of nitrogens with one attached hydrogen (secondary N) is 2. The minimum atomic E-state index is 0.696. The van der Waals surface area contributed by atoms with Gasteiger partial charge in [0, 0.05) is 67.3 Å². The summed E-state index contributed by atoms with van der Waals surface area (Å²) in [6.07, 6.45) is 11.0. The van der Waals surface area contributed by atoms with Crippen molar-refractivity contribution >= 4 is 27.5 Å². The third-order valence-electron chi connectivity index (χ3n) is 8.92. The summed E-state index contributed by atoms with van der Waals surface area (Å²) < 4.78 is 0. The van der Waals surface area contributed by atoms with Gasteiger partial charge < -0.3 is 9.80 Å². The first-order chi connectivity index (χ1) is 17.7. The second kappa shape index (κ2) is 8.85. The number of aromatic amines is 2. The van der Waals surface area contributed by atoms with Gasteiger partial charge in [0.2, 0.25) is 0 Å². The molecule has 0 amide bonds. The van der Waals surface area contributed by atoms with Crippen LogP contribution >= 0.6 is 0 Å². The average molecular weight is 485 g/mol. The van der Waals surface area contributed by atoms with Crippen molar-refractivity contribution in [3.63, 3.8) is 0 Å². The van der Waals surface area contributed by atoms with Crippen LogP contribution in [0.4, 0.5) is 5.69 Å². The van der Waals surface area contributed by atoms with Gasteiger partial charge in [-0.25, -0.2) is 4.98 Å². The van der Waals surface area contributed by atoms with E-state index in [4.69, 9.17) is 4.98 Å². The number of likely N-dealkylation sites (N-methyl/N-ethyl adjacent to an activating group) is 1. The average Bonchev–Trinajstić information content (AvgIpc) is 3.57. The number of fused-ring (bicyclic) bond motifs is 5. The van der Waals surface area contributed by atoms with Crippen LogP contribution in [0, 0.1) is 6.92 Å². The Morgan fingerprint density at radius 1 is 0.889 bits per heavy atom. The number of aryl methyl sites for hydroxylation is 2. The number of hydrogen-bond donors (Lipinski definition) is 2. The Labute approximate surface area is 212 Å². The predicted octanol–water partition coefficient (Wildman–Crippen LogP) is 3.90. The third-order valence-corrected chi connectivity index (χ3v) is 8.92. The van der Waals surface area contributed by atoms with Crippen LogP contribution in [-0.4, -0.2) is 87.5 Å². The van der Waals surface area contributed by atoms with Crippen molar-refractivity contribution in [1.82, 2.24) is 35.2 Å². The van der Waals surface area contributed by atoms with Gasteiger partial charge >= 0.3 is 0 Å². The van der Waals surface area contributed by atoms with Gasteiger partial charge in [-0.1, -0.05) is 0 Å². The second-order valence-corrected chi connectivity index (χ2v) is 11.0. The Balaban J connectivity index is 1.32. The molecule has 5 heterocycles. The fraction of sp³-hybridized carbons (Fsp3) is 0.536. The first-order valence-corrected chi connectivity index (χ1v) is 13.7. The molecule has 3 aliphatic rings.